The fourth-order valence-corrected chi connectivity index (χ4v) is 1.35. The molecule has 0 aliphatic heterocycles. The van der Waals surface area contributed by atoms with E-state index in [2.05, 4.69) is 17.0 Å². The van der Waals surface area contributed by atoms with Gasteiger partial charge in [-0.15, -0.1) is 0 Å². The van der Waals surface area contributed by atoms with Gasteiger partial charge in [-0.1, -0.05) is 6.92 Å². The number of rotatable bonds is 6. The number of carbonyl (C=O) groups is 1. The second kappa shape index (κ2) is 7.85. The smallest absolute Gasteiger partial charge is 0.350 e. The van der Waals surface area contributed by atoms with Crippen LogP contribution in [-0.2, 0) is 9.53 Å². The third-order valence-corrected chi connectivity index (χ3v) is 2.68. The Morgan fingerprint density at radius 1 is 1.45 bits per heavy atom. The van der Waals surface area contributed by atoms with Gasteiger partial charge in [-0.3, -0.25) is 0 Å². The van der Waals surface area contributed by atoms with Crippen molar-refractivity contribution in [1.29, 1.82) is 5.26 Å². The monoisotopic (exact) mass is 274 g/mol. The van der Waals surface area contributed by atoms with Crippen molar-refractivity contribution in [3.05, 3.63) is 36.0 Å². The molecule has 0 spiro atoms. The predicted molar refractivity (Wildman–Crippen MR) is 76.2 cm³/mol. The molecule has 0 radical (unpaired) electrons. The molecular formula is C15H18N2O3. The Bertz CT molecular complexity index is 515. The van der Waals surface area contributed by atoms with Crippen molar-refractivity contribution in [2.45, 2.75) is 26.4 Å². The largest absolute Gasteiger partial charge is 0.491 e. The van der Waals surface area contributed by atoms with Crippen LogP contribution in [0.2, 0.25) is 0 Å². The van der Waals surface area contributed by atoms with Gasteiger partial charge in [0, 0.05) is 11.9 Å². The molecule has 1 rings (SSSR count). The van der Waals surface area contributed by atoms with Crippen LogP contribution in [0, 0.1) is 11.3 Å². The van der Waals surface area contributed by atoms with Crippen molar-refractivity contribution in [2.24, 2.45) is 0 Å². The Morgan fingerprint density at radius 3 is 2.60 bits per heavy atom. The standard InChI is InChI=1S/C15H18N2O3/c1-4-11(2)20-14-7-5-13(6-8-14)17-10-12(9-16)15(18)19-3/h5-8,10-11,17H,4H2,1-3H3/b12-10-. The van der Waals surface area contributed by atoms with E-state index in [0.717, 1.165) is 17.9 Å². The molecule has 106 valence electrons. The fraction of sp³-hybridized carbons (Fsp3) is 0.333. The SMILES string of the molecule is CCC(C)Oc1ccc(N/C=C(/C#N)C(=O)OC)cc1. The highest BCUT2D eigenvalue weighted by Crippen LogP contribution is 2.17. The maximum Gasteiger partial charge on any atom is 0.350 e. The molecule has 0 aliphatic carbocycles. The minimum Gasteiger partial charge on any atom is -0.491 e. The molecule has 1 atom stereocenters. The quantitative estimate of drug-likeness (QED) is 0.490. The number of nitrogens with zero attached hydrogens (tertiary/aromatic N) is 1. The van der Waals surface area contributed by atoms with E-state index in [1.165, 1.54) is 13.3 Å². The van der Waals surface area contributed by atoms with E-state index in [1.54, 1.807) is 18.2 Å². The summed E-state index contributed by atoms with van der Waals surface area (Å²) in [5.41, 5.74) is 0.658. The molecule has 0 saturated carbocycles. The number of hydrogen-bond donors (Lipinski definition) is 1. The van der Waals surface area contributed by atoms with Crippen molar-refractivity contribution in [1.82, 2.24) is 0 Å². The van der Waals surface area contributed by atoms with E-state index in [1.807, 2.05) is 19.1 Å². The zero-order valence-electron chi connectivity index (χ0n) is 11.8. The lowest BCUT2D eigenvalue weighted by Gasteiger charge is -2.12. The zero-order valence-corrected chi connectivity index (χ0v) is 11.8. The molecule has 0 aromatic heterocycles. The van der Waals surface area contributed by atoms with E-state index in [9.17, 15) is 4.79 Å². The minimum atomic E-state index is -0.670. The maximum absolute atomic E-state index is 11.2. The number of nitriles is 1. The second-order valence-electron chi connectivity index (χ2n) is 4.17. The van der Waals surface area contributed by atoms with Gasteiger partial charge in [0.2, 0.25) is 0 Å². The highest BCUT2D eigenvalue weighted by atomic mass is 16.5. The lowest BCUT2D eigenvalue weighted by Crippen LogP contribution is -2.09. The molecule has 1 unspecified atom stereocenters. The molecule has 20 heavy (non-hydrogen) atoms. The molecule has 1 aromatic rings. The van der Waals surface area contributed by atoms with Gasteiger partial charge in [0.05, 0.1) is 13.2 Å². The summed E-state index contributed by atoms with van der Waals surface area (Å²) in [6.45, 7) is 4.06. The summed E-state index contributed by atoms with van der Waals surface area (Å²) in [6, 6.07) is 9.03. The Balaban J connectivity index is 2.68. The van der Waals surface area contributed by atoms with E-state index in [-0.39, 0.29) is 11.7 Å². The van der Waals surface area contributed by atoms with Crippen LogP contribution in [0.25, 0.3) is 0 Å². The molecule has 0 bridgehead atoms. The Morgan fingerprint density at radius 2 is 2.10 bits per heavy atom. The Labute approximate surface area is 118 Å². The summed E-state index contributed by atoms with van der Waals surface area (Å²) in [5, 5.41) is 11.7. The third kappa shape index (κ3) is 4.65. The number of esters is 1. The predicted octanol–water partition coefficient (Wildman–Crippen LogP) is 2.86. The third-order valence-electron chi connectivity index (χ3n) is 2.68. The molecule has 0 amide bonds. The van der Waals surface area contributed by atoms with Crippen LogP contribution in [-0.4, -0.2) is 19.2 Å². The molecular weight excluding hydrogens is 256 g/mol. The summed E-state index contributed by atoms with van der Waals surface area (Å²) >= 11 is 0. The van der Waals surface area contributed by atoms with Gasteiger partial charge >= 0.3 is 5.97 Å². The molecule has 5 heteroatoms. The van der Waals surface area contributed by atoms with Crippen molar-refractivity contribution < 1.29 is 14.3 Å². The number of nitrogens with one attached hydrogen (secondary N) is 1. The van der Waals surface area contributed by atoms with Gasteiger partial charge in [-0.05, 0) is 37.6 Å². The lowest BCUT2D eigenvalue weighted by atomic mass is 10.2. The summed E-state index contributed by atoms with van der Waals surface area (Å²) < 4.78 is 10.1. The normalized spacial score (nSPS) is 12.2. The van der Waals surface area contributed by atoms with Crippen LogP contribution in [0.1, 0.15) is 20.3 Å². The van der Waals surface area contributed by atoms with Crippen LogP contribution in [0.4, 0.5) is 5.69 Å². The van der Waals surface area contributed by atoms with E-state index in [0.29, 0.717) is 0 Å². The molecule has 5 nitrogen and oxygen atoms in total. The number of ether oxygens (including phenoxy) is 2. The number of methoxy groups -OCH3 is 1. The average molecular weight is 274 g/mol. The Hall–Kier alpha value is -2.48. The van der Waals surface area contributed by atoms with Crippen LogP contribution < -0.4 is 10.1 Å². The number of hydrogen-bond acceptors (Lipinski definition) is 5. The minimum absolute atomic E-state index is 0.0903. The first kappa shape index (κ1) is 15.6. The van der Waals surface area contributed by atoms with Gasteiger partial charge in [0.1, 0.15) is 11.8 Å². The maximum atomic E-state index is 11.2. The molecule has 1 aromatic carbocycles. The number of carbonyl (C=O) groups excluding carboxylic acids is 1. The average Bonchev–Trinajstić information content (AvgIpc) is 2.48. The lowest BCUT2D eigenvalue weighted by molar-refractivity contribution is -0.135. The van der Waals surface area contributed by atoms with Gasteiger partial charge in [0.25, 0.3) is 0 Å². The Kier molecular flexibility index (Phi) is 6.11. The van der Waals surface area contributed by atoms with Crippen molar-refractivity contribution >= 4 is 11.7 Å². The summed E-state index contributed by atoms with van der Waals surface area (Å²) in [5.74, 6) is 0.110. The fourth-order valence-electron chi connectivity index (χ4n) is 1.35. The first-order chi connectivity index (χ1) is 9.60. The van der Waals surface area contributed by atoms with Crippen LogP contribution in [0.15, 0.2) is 36.0 Å². The van der Waals surface area contributed by atoms with E-state index < -0.39 is 5.97 Å². The van der Waals surface area contributed by atoms with Crippen LogP contribution in [0.3, 0.4) is 0 Å². The van der Waals surface area contributed by atoms with Gasteiger partial charge in [-0.25, -0.2) is 4.79 Å². The molecule has 0 fully saturated rings. The highest BCUT2D eigenvalue weighted by molar-refractivity contribution is 5.92. The van der Waals surface area contributed by atoms with E-state index >= 15 is 0 Å². The molecule has 0 saturated heterocycles. The summed E-state index contributed by atoms with van der Waals surface area (Å²) in [7, 11) is 1.23. The summed E-state index contributed by atoms with van der Waals surface area (Å²) in [6.07, 6.45) is 2.42. The zero-order chi connectivity index (χ0) is 15.0. The van der Waals surface area contributed by atoms with E-state index in [4.69, 9.17) is 10.00 Å². The van der Waals surface area contributed by atoms with Crippen molar-refractivity contribution in [2.75, 3.05) is 12.4 Å². The molecule has 0 heterocycles. The van der Waals surface area contributed by atoms with Crippen molar-refractivity contribution in [3.8, 4) is 11.8 Å². The first-order valence-electron chi connectivity index (χ1n) is 6.32. The first-order valence-corrected chi connectivity index (χ1v) is 6.32. The second-order valence-corrected chi connectivity index (χ2v) is 4.17. The van der Waals surface area contributed by atoms with Crippen molar-refractivity contribution in [3.63, 3.8) is 0 Å². The van der Waals surface area contributed by atoms with Crippen LogP contribution in [0.5, 0.6) is 5.75 Å². The molecule has 1 N–H and O–H groups in total. The number of benzene rings is 1. The van der Waals surface area contributed by atoms with Crippen LogP contribution >= 0.6 is 0 Å². The molecule has 0 aliphatic rings. The number of anilines is 1. The van der Waals surface area contributed by atoms with Gasteiger partial charge in [-0.2, -0.15) is 5.26 Å². The topological polar surface area (TPSA) is 71.3 Å². The highest BCUT2D eigenvalue weighted by Gasteiger charge is 2.07. The summed E-state index contributed by atoms with van der Waals surface area (Å²) in [4.78, 5) is 11.2. The van der Waals surface area contributed by atoms with Gasteiger partial charge in [0.15, 0.2) is 5.57 Å². The van der Waals surface area contributed by atoms with Gasteiger partial charge < -0.3 is 14.8 Å².